The van der Waals surface area contributed by atoms with Gasteiger partial charge < -0.3 is 19.7 Å². The van der Waals surface area contributed by atoms with Gasteiger partial charge in [0.05, 0.1) is 13.7 Å². The van der Waals surface area contributed by atoms with Crippen molar-refractivity contribution in [3.05, 3.63) is 29.8 Å². The summed E-state index contributed by atoms with van der Waals surface area (Å²) in [7, 11) is 1.53. The molecule has 1 rings (SSSR count). The van der Waals surface area contributed by atoms with Gasteiger partial charge in [-0.2, -0.15) is 0 Å². The minimum atomic E-state index is -1.03. The van der Waals surface area contributed by atoms with Crippen LogP contribution in [0, 0.1) is 0 Å². The molecule has 92 valence electrons. The van der Waals surface area contributed by atoms with Gasteiger partial charge in [0.25, 0.3) is 0 Å². The first-order valence-corrected chi connectivity index (χ1v) is 4.97. The largest absolute Gasteiger partial charge is 0.496 e. The average molecular weight is 238 g/mol. The van der Waals surface area contributed by atoms with Crippen LogP contribution < -0.4 is 9.47 Å². The molecule has 0 aromatic heterocycles. The number of ether oxygens (including phenoxy) is 2. The first-order valence-electron chi connectivity index (χ1n) is 4.97. The molecule has 17 heavy (non-hydrogen) atoms. The van der Waals surface area contributed by atoms with Crippen molar-refractivity contribution < 1.29 is 24.5 Å². The Kier molecular flexibility index (Phi) is 5.03. The SMILES string of the molecule is COc1ccc(OCC(=O)O)cc1C=CCO. The van der Waals surface area contributed by atoms with Gasteiger partial charge in [0.2, 0.25) is 0 Å². The molecule has 0 aliphatic carbocycles. The fraction of sp³-hybridized carbons (Fsp3) is 0.250. The number of aliphatic hydroxyl groups excluding tert-OH is 1. The van der Waals surface area contributed by atoms with E-state index < -0.39 is 12.6 Å². The summed E-state index contributed by atoms with van der Waals surface area (Å²) in [5, 5.41) is 17.2. The smallest absolute Gasteiger partial charge is 0.341 e. The van der Waals surface area contributed by atoms with E-state index in [-0.39, 0.29) is 6.61 Å². The molecule has 0 aliphatic rings. The van der Waals surface area contributed by atoms with E-state index >= 15 is 0 Å². The quantitative estimate of drug-likeness (QED) is 0.777. The van der Waals surface area contributed by atoms with Crippen LogP contribution >= 0.6 is 0 Å². The Labute approximate surface area is 98.9 Å². The van der Waals surface area contributed by atoms with Crippen molar-refractivity contribution in [1.29, 1.82) is 0 Å². The van der Waals surface area contributed by atoms with Gasteiger partial charge in [-0.25, -0.2) is 4.79 Å². The van der Waals surface area contributed by atoms with E-state index in [2.05, 4.69) is 0 Å². The molecule has 5 nitrogen and oxygen atoms in total. The van der Waals surface area contributed by atoms with E-state index in [1.165, 1.54) is 7.11 Å². The highest BCUT2D eigenvalue weighted by molar-refractivity contribution is 5.68. The van der Waals surface area contributed by atoms with Crippen molar-refractivity contribution in [3.63, 3.8) is 0 Å². The zero-order valence-electron chi connectivity index (χ0n) is 9.42. The van der Waals surface area contributed by atoms with Crippen molar-refractivity contribution >= 4 is 12.0 Å². The van der Waals surface area contributed by atoms with Gasteiger partial charge in [-0.1, -0.05) is 12.2 Å². The van der Waals surface area contributed by atoms with Gasteiger partial charge in [0, 0.05) is 5.56 Å². The van der Waals surface area contributed by atoms with Crippen LogP contribution in [0.4, 0.5) is 0 Å². The summed E-state index contributed by atoms with van der Waals surface area (Å²) in [5.74, 6) is 0.0245. The molecule has 5 heteroatoms. The lowest BCUT2D eigenvalue weighted by Crippen LogP contribution is -2.09. The molecule has 0 aliphatic heterocycles. The Morgan fingerprint density at radius 2 is 2.24 bits per heavy atom. The summed E-state index contributed by atoms with van der Waals surface area (Å²) >= 11 is 0. The van der Waals surface area contributed by atoms with Gasteiger partial charge in [0.15, 0.2) is 6.61 Å². The number of carbonyl (C=O) groups is 1. The number of aliphatic hydroxyl groups is 1. The van der Waals surface area contributed by atoms with Crippen LogP contribution in [0.1, 0.15) is 5.56 Å². The van der Waals surface area contributed by atoms with Crippen molar-refractivity contribution in [3.8, 4) is 11.5 Å². The molecule has 0 saturated heterocycles. The van der Waals surface area contributed by atoms with E-state index in [1.54, 1.807) is 30.4 Å². The zero-order chi connectivity index (χ0) is 12.7. The molecule has 0 spiro atoms. The Morgan fingerprint density at radius 1 is 1.47 bits per heavy atom. The number of aliphatic carboxylic acids is 1. The van der Waals surface area contributed by atoms with Crippen LogP contribution in [0.25, 0.3) is 6.08 Å². The molecule has 0 atom stereocenters. The maximum absolute atomic E-state index is 10.4. The highest BCUT2D eigenvalue weighted by Crippen LogP contribution is 2.25. The van der Waals surface area contributed by atoms with Crippen LogP contribution in [-0.2, 0) is 4.79 Å². The molecule has 0 fully saturated rings. The number of rotatable bonds is 6. The molecule has 0 unspecified atom stereocenters. The minimum absolute atomic E-state index is 0.0800. The van der Waals surface area contributed by atoms with Crippen LogP contribution in [-0.4, -0.2) is 36.5 Å². The lowest BCUT2D eigenvalue weighted by atomic mass is 10.1. The highest BCUT2D eigenvalue weighted by atomic mass is 16.5. The third-order valence-corrected chi connectivity index (χ3v) is 1.97. The molecule has 0 heterocycles. The first kappa shape index (κ1) is 13.1. The van der Waals surface area contributed by atoms with Crippen LogP contribution in [0.15, 0.2) is 24.3 Å². The van der Waals surface area contributed by atoms with Gasteiger partial charge in [-0.15, -0.1) is 0 Å². The Hall–Kier alpha value is -2.01. The maximum atomic E-state index is 10.4. The van der Waals surface area contributed by atoms with Crippen molar-refractivity contribution in [2.24, 2.45) is 0 Å². The van der Waals surface area contributed by atoms with Crippen molar-refractivity contribution in [2.45, 2.75) is 0 Å². The number of carboxylic acids is 1. The third-order valence-electron chi connectivity index (χ3n) is 1.97. The summed E-state index contributed by atoms with van der Waals surface area (Å²) in [5.41, 5.74) is 0.712. The van der Waals surface area contributed by atoms with Crippen LogP contribution in [0.3, 0.4) is 0 Å². The Morgan fingerprint density at radius 3 is 2.82 bits per heavy atom. The molecule has 1 aromatic rings. The lowest BCUT2D eigenvalue weighted by Gasteiger charge is -2.08. The number of benzene rings is 1. The molecular formula is C12H14O5. The van der Waals surface area contributed by atoms with E-state index in [0.717, 1.165) is 0 Å². The van der Waals surface area contributed by atoms with E-state index in [9.17, 15) is 4.79 Å². The number of hydrogen-bond donors (Lipinski definition) is 2. The predicted molar refractivity (Wildman–Crippen MR) is 62.2 cm³/mol. The Balaban J connectivity index is 2.88. The number of hydrogen-bond acceptors (Lipinski definition) is 4. The zero-order valence-corrected chi connectivity index (χ0v) is 9.42. The summed E-state index contributed by atoms with van der Waals surface area (Å²) in [6.45, 7) is -0.473. The second-order valence-corrected chi connectivity index (χ2v) is 3.17. The molecular weight excluding hydrogens is 224 g/mol. The number of methoxy groups -OCH3 is 1. The summed E-state index contributed by atoms with van der Waals surface area (Å²) in [4.78, 5) is 10.4. The fourth-order valence-electron chi connectivity index (χ4n) is 1.26. The standard InChI is InChI=1S/C12H14O5/c1-16-11-5-4-10(17-8-12(14)15)7-9(11)3-2-6-13/h2-5,7,13H,6,8H2,1H3,(H,14,15). The third kappa shape index (κ3) is 4.16. The van der Waals surface area contributed by atoms with E-state index in [4.69, 9.17) is 19.7 Å². The topological polar surface area (TPSA) is 76.0 Å². The van der Waals surface area contributed by atoms with Gasteiger partial charge in [-0.05, 0) is 18.2 Å². The molecule has 0 bridgehead atoms. The molecule has 1 aromatic carbocycles. The maximum Gasteiger partial charge on any atom is 0.341 e. The van der Waals surface area contributed by atoms with Gasteiger partial charge in [-0.3, -0.25) is 0 Å². The highest BCUT2D eigenvalue weighted by Gasteiger charge is 2.04. The normalized spacial score (nSPS) is 10.5. The lowest BCUT2D eigenvalue weighted by molar-refractivity contribution is -0.139. The summed E-state index contributed by atoms with van der Waals surface area (Å²) in [6, 6.07) is 4.94. The predicted octanol–water partition coefficient (Wildman–Crippen LogP) is 1.16. The second kappa shape index (κ2) is 6.55. The van der Waals surface area contributed by atoms with Gasteiger partial charge in [0.1, 0.15) is 11.5 Å². The molecule has 0 radical (unpaired) electrons. The summed E-state index contributed by atoms with van der Waals surface area (Å²) in [6.07, 6.45) is 3.23. The minimum Gasteiger partial charge on any atom is -0.496 e. The van der Waals surface area contributed by atoms with Crippen LogP contribution in [0.2, 0.25) is 0 Å². The Bertz CT molecular complexity index is 411. The fourth-order valence-corrected chi connectivity index (χ4v) is 1.26. The van der Waals surface area contributed by atoms with Crippen molar-refractivity contribution in [1.82, 2.24) is 0 Å². The molecule has 2 N–H and O–H groups in total. The summed E-state index contributed by atoms with van der Waals surface area (Å²) < 4.78 is 10.2. The van der Waals surface area contributed by atoms with Crippen LogP contribution in [0.5, 0.6) is 11.5 Å². The van der Waals surface area contributed by atoms with E-state index in [0.29, 0.717) is 17.1 Å². The molecule has 0 saturated carbocycles. The van der Waals surface area contributed by atoms with E-state index in [1.807, 2.05) is 0 Å². The molecule has 0 amide bonds. The van der Waals surface area contributed by atoms with Crippen molar-refractivity contribution in [2.75, 3.05) is 20.3 Å². The first-order chi connectivity index (χ1) is 8.17. The second-order valence-electron chi connectivity index (χ2n) is 3.17. The monoisotopic (exact) mass is 238 g/mol. The number of carboxylic acid groups (broad SMARTS) is 1. The van der Waals surface area contributed by atoms with Gasteiger partial charge >= 0.3 is 5.97 Å². The average Bonchev–Trinajstić information content (AvgIpc) is 2.33.